The second kappa shape index (κ2) is 9.85. The summed E-state index contributed by atoms with van der Waals surface area (Å²) in [7, 11) is 0. The van der Waals surface area contributed by atoms with Crippen molar-refractivity contribution in [2.75, 3.05) is 5.32 Å². The number of amides is 1. The van der Waals surface area contributed by atoms with Crippen LogP contribution in [0.15, 0.2) is 59.7 Å². The third kappa shape index (κ3) is 4.75. The van der Waals surface area contributed by atoms with Crippen LogP contribution in [0.2, 0.25) is 10.2 Å². The summed E-state index contributed by atoms with van der Waals surface area (Å²) in [6.45, 7) is 0.581. The van der Waals surface area contributed by atoms with Crippen molar-refractivity contribution in [3.8, 4) is 5.69 Å². The predicted octanol–water partition coefficient (Wildman–Crippen LogP) is 2.94. The van der Waals surface area contributed by atoms with Crippen molar-refractivity contribution in [1.29, 1.82) is 0 Å². The summed E-state index contributed by atoms with van der Waals surface area (Å²) in [4.78, 5) is 30.7. The normalized spacial score (nSPS) is 14.5. The maximum atomic E-state index is 13.2. The van der Waals surface area contributed by atoms with Gasteiger partial charge in [-0.25, -0.2) is 9.67 Å². The molecule has 0 aliphatic carbocycles. The first kappa shape index (κ1) is 23.0. The fourth-order valence-electron chi connectivity index (χ4n) is 4.14. The van der Waals surface area contributed by atoms with E-state index in [9.17, 15) is 9.59 Å². The van der Waals surface area contributed by atoms with E-state index in [0.29, 0.717) is 35.8 Å². The SMILES string of the molecule is O=C(NCc1cc(Cl)ccc1-n1cnnn1)[C@@H]1CCc2c(Cl)nc(NCc3ccccc3)c(=O)n21. The minimum atomic E-state index is -0.703. The van der Waals surface area contributed by atoms with Gasteiger partial charge in [-0.1, -0.05) is 53.5 Å². The van der Waals surface area contributed by atoms with Crippen molar-refractivity contribution in [2.45, 2.75) is 32.0 Å². The summed E-state index contributed by atoms with van der Waals surface area (Å²) in [5, 5.41) is 17.9. The molecule has 3 heterocycles. The van der Waals surface area contributed by atoms with E-state index in [1.165, 1.54) is 15.6 Å². The Kier molecular flexibility index (Phi) is 6.47. The highest BCUT2D eigenvalue weighted by atomic mass is 35.5. The first-order valence-corrected chi connectivity index (χ1v) is 11.6. The van der Waals surface area contributed by atoms with Gasteiger partial charge in [-0.05, 0) is 52.6 Å². The van der Waals surface area contributed by atoms with Gasteiger partial charge < -0.3 is 10.6 Å². The largest absolute Gasteiger partial charge is 0.361 e. The first-order chi connectivity index (χ1) is 17.0. The Morgan fingerprint density at radius 2 is 1.94 bits per heavy atom. The van der Waals surface area contributed by atoms with E-state index in [1.54, 1.807) is 18.2 Å². The van der Waals surface area contributed by atoms with Crippen LogP contribution in [0.3, 0.4) is 0 Å². The van der Waals surface area contributed by atoms with Crippen molar-refractivity contribution in [2.24, 2.45) is 0 Å². The molecule has 5 rings (SSSR count). The highest BCUT2D eigenvalue weighted by Gasteiger charge is 2.32. The Balaban J connectivity index is 1.36. The fourth-order valence-corrected chi connectivity index (χ4v) is 4.60. The number of halogens is 2. The number of carbonyl (C=O) groups excluding carboxylic acids is 1. The van der Waals surface area contributed by atoms with Crippen LogP contribution < -0.4 is 16.2 Å². The number of anilines is 1. The van der Waals surface area contributed by atoms with E-state index in [2.05, 4.69) is 31.1 Å². The van der Waals surface area contributed by atoms with Gasteiger partial charge in [0, 0.05) is 18.1 Å². The molecule has 12 heteroatoms. The van der Waals surface area contributed by atoms with Crippen molar-refractivity contribution >= 4 is 34.9 Å². The Morgan fingerprint density at radius 3 is 2.71 bits per heavy atom. The van der Waals surface area contributed by atoms with Crippen molar-refractivity contribution in [1.82, 2.24) is 35.1 Å². The number of rotatable bonds is 7. The summed E-state index contributed by atoms with van der Waals surface area (Å²) in [5.74, 6) is -0.192. The Morgan fingerprint density at radius 1 is 1.11 bits per heavy atom. The molecule has 178 valence electrons. The number of nitrogens with zero attached hydrogens (tertiary/aromatic N) is 6. The number of hydrogen-bond acceptors (Lipinski definition) is 7. The quantitative estimate of drug-likeness (QED) is 0.392. The number of hydrogen-bond donors (Lipinski definition) is 2. The molecule has 0 bridgehead atoms. The molecular weight excluding hydrogens is 491 g/mol. The van der Waals surface area contributed by atoms with Gasteiger partial charge in [-0.2, -0.15) is 0 Å². The molecule has 0 radical (unpaired) electrons. The molecule has 2 N–H and O–H groups in total. The van der Waals surface area contributed by atoms with Crippen LogP contribution in [-0.4, -0.2) is 35.7 Å². The van der Waals surface area contributed by atoms with Crippen LogP contribution in [0.5, 0.6) is 0 Å². The molecular formula is C23H20Cl2N8O2. The maximum Gasteiger partial charge on any atom is 0.294 e. The molecule has 0 saturated carbocycles. The van der Waals surface area contributed by atoms with Crippen LogP contribution in [-0.2, 0) is 24.3 Å². The number of carbonyl (C=O) groups is 1. The predicted molar refractivity (Wildman–Crippen MR) is 131 cm³/mol. The highest BCUT2D eigenvalue weighted by Crippen LogP contribution is 2.29. The molecule has 2 aromatic heterocycles. The van der Waals surface area contributed by atoms with Gasteiger partial charge in [0.1, 0.15) is 12.4 Å². The molecule has 0 unspecified atom stereocenters. The number of nitrogens with one attached hydrogen (secondary N) is 2. The number of fused-ring (bicyclic) bond motifs is 1. The van der Waals surface area contributed by atoms with E-state index < -0.39 is 6.04 Å². The highest BCUT2D eigenvalue weighted by molar-refractivity contribution is 6.30. The molecule has 10 nitrogen and oxygen atoms in total. The molecule has 0 spiro atoms. The second-order valence-corrected chi connectivity index (χ2v) is 8.81. The molecule has 1 amide bonds. The van der Waals surface area contributed by atoms with Crippen molar-refractivity contribution < 1.29 is 4.79 Å². The minimum Gasteiger partial charge on any atom is -0.361 e. The molecule has 1 atom stereocenters. The number of benzene rings is 2. The molecule has 1 aliphatic rings. The third-order valence-corrected chi connectivity index (χ3v) is 6.36. The van der Waals surface area contributed by atoms with Gasteiger partial charge >= 0.3 is 0 Å². The van der Waals surface area contributed by atoms with Crippen LogP contribution in [0.25, 0.3) is 5.69 Å². The lowest BCUT2D eigenvalue weighted by Gasteiger charge is -2.17. The lowest BCUT2D eigenvalue weighted by Crippen LogP contribution is -2.36. The summed E-state index contributed by atoms with van der Waals surface area (Å²) in [6, 6.07) is 14.1. The van der Waals surface area contributed by atoms with E-state index in [-0.39, 0.29) is 29.0 Å². The van der Waals surface area contributed by atoms with Gasteiger partial charge in [0.15, 0.2) is 11.0 Å². The van der Waals surface area contributed by atoms with Crippen LogP contribution in [0.4, 0.5) is 5.82 Å². The molecule has 1 aliphatic heterocycles. The van der Waals surface area contributed by atoms with Crippen LogP contribution >= 0.6 is 23.2 Å². The number of tetrazole rings is 1. The Labute approximate surface area is 209 Å². The van der Waals surface area contributed by atoms with E-state index in [0.717, 1.165) is 11.1 Å². The fraction of sp³-hybridized carbons (Fsp3) is 0.217. The lowest BCUT2D eigenvalue weighted by molar-refractivity contribution is -0.124. The molecule has 2 aromatic carbocycles. The van der Waals surface area contributed by atoms with Gasteiger partial charge in [0.2, 0.25) is 5.91 Å². The molecule has 0 fully saturated rings. The topological polar surface area (TPSA) is 120 Å². The summed E-state index contributed by atoms with van der Waals surface area (Å²) in [6.07, 6.45) is 2.38. The zero-order chi connectivity index (χ0) is 24.4. The maximum absolute atomic E-state index is 13.2. The molecule has 35 heavy (non-hydrogen) atoms. The minimum absolute atomic E-state index is 0.109. The second-order valence-electron chi connectivity index (χ2n) is 8.01. The zero-order valence-corrected chi connectivity index (χ0v) is 19.9. The summed E-state index contributed by atoms with van der Waals surface area (Å²) < 4.78 is 2.93. The Hall–Kier alpha value is -3.76. The summed E-state index contributed by atoms with van der Waals surface area (Å²) in [5.41, 5.74) is 2.57. The Bertz CT molecular complexity index is 1420. The van der Waals surface area contributed by atoms with Crippen LogP contribution in [0, 0.1) is 0 Å². The van der Waals surface area contributed by atoms with Crippen molar-refractivity contribution in [3.63, 3.8) is 0 Å². The average molecular weight is 511 g/mol. The molecule has 4 aromatic rings. The van der Waals surface area contributed by atoms with Crippen molar-refractivity contribution in [3.05, 3.63) is 92.2 Å². The average Bonchev–Trinajstić information content (AvgIpc) is 3.56. The van der Waals surface area contributed by atoms with E-state index in [1.807, 2.05) is 30.3 Å². The zero-order valence-electron chi connectivity index (χ0n) is 18.4. The van der Waals surface area contributed by atoms with Gasteiger partial charge in [-0.3, -0.25) is 14.2 Å². The summed E-state index contributed by atoms with van der Waals surface area (Å²) >= 11 is 12.6. The monoisotopic (exact) mass is 510 g/mol. The molecule has 0 saturated heterocycles. The van der Waals surface area contributed by atoms with Gasteiger partial charge in [0.25, 0.3) is 5.56 Å². The standard InChI is InChI=1S/C23H20Cl2N8O2/c24-16-6-7-17(32-13-28-30-31-32)15(10-16)12-27-22(34)19-9-8-18-20(25)29-21(23(35)33(18)19)26-11-14-4-2-1-3-5-14/h1-7,10,13,19H,8-9,11-12H2,(H,26,29)(H,27,34)/t19-/m0/s1. The van der Waals surface area contributed by atoms with E-state index >= 15 is 0 Å². The smallest absolute Gasteiger partial charge is 0.294 e. The van der Waals surface area contributed by atoms with Gasteiger partial charge in [-0.15, -0.1) is 5.10 Å². The number of aromatic nitrogens is 6. The lowest BCUT2D eigenvalue weighted by atomic mass is 10.1. The first-order valence-electron chi connectivity index (χ1n) is 10.9. The van der Waals surface area contributed by atoms with Gasteiger partial charge in [0.05, 0.1) is 11.4 Å². The third-order valence-electron chi connectivity index (χ3n) is 5.82. The van der Waals surface area contributed by atoms with Crippen LogP contribution in [0.1, 0.15) is 29.3 Å². The van der Waals surface area contributed by atoms with E-state index in [4.69, 9.17) is 23.2 Å².